The van der Waals surface area contributed by atoms with Crippen LogP contribution in [0.1, 0.15) is 34.8 Å². The number of hydrogen-bond acceptors (Lipinski definition) is 3. The zero-order valence-electron chi connectivity index (χ0n) is 13.3. The van der Waals surface area contributed by atoms with Crippen LogP contribution in [0.2, 0.25) is 5.02 Å². The minimum atomic E-state index is -0.253. The number of amides is 1. The third-order valence-corrected chi connectivity index (χ3v) is 4.68. The van der Waals surface area contributed by atoms with Gasteiger partial charge in [-0.2, -0.15) is 4.73 Å². The summed E-state index contributed by atoms with van der Waals surface area (Å²) >= 11 is 6.37. The van der Waals surface area contributed by atoms with Crippen LogP contribution in [-0.2, 0) is 0 Å². The first-order chi connectivity index (χ1) is 11.6. The van der Waals surface area contributed by atoms with Gasteiger partial charge in [-0.3, -0.25) is 9.69 Å². The van der Waals surface area contributed by atoms with Gasteiger partial charge in [-0.05, 0) is 43.6 Å². The van der Waals surface area contributed by atoms with E-state index in [1.807, 2.05) is 24.3 Å². The third-order valence-electron chi connectivity index (χ3n) is 4.34. The average Bonchev–Trinajstić information content (AvgIpc) is 3.11. The Balaban J connectivity index is 1.75. The van der Waals surface area contributed by atoms with Crippen LogP contribution >= 0.6 is 11.6 Å². The van der Waals surface area contributed by atoms with Crippen molar-refractivity contribution in [2.24, 2.45) is 0 Å². The summed E-state index contributed by atoms with van der Waals surface area (Å²) in [4.78, 5) is 14.7. The van der Waals surface area contributed by atoms with Crippen LogP contribution in [0.5, 0.6) is 0 Å². The van der Waals surface area contributed by atoms with Gasteiger partial charge in [0.05, 0.1) is 6.04 Å². The number of halogens is 1. The molecule has 6 heteroatoms. The second-order valence-electron chi connectivity index (χ2n) is 5.94. The van der Waals surface area contributed by atoms with Crippen molar-refractivity contribution in [3.05, 3.63) is 70.1 Å². The molecule has 1 aromatic carbocycles. The summed E-state index contributed by atoms with van der Waals surface area (Å²) in [6, 6.07) is 11.0. The molecule has 1 aromatic heterocycles. The highest BCUT2D eigenvalue weighted by molar-refractivity contribution is 6.31. The molecule has 1 atom stereocenters. The van der Waals surface area contributed by atoms with Crippen LogP contribution in [0.3, 0.4) is 0 Å². The predicted octanol–water partition coefficient (Wildman–Crippen LogP) is 2.54. The number of carbonyl (C=O) groups excluding carboxylic acids is 1. The number of rotatable bonds is 5. The van der Waals surface area contributed by atoms with Crippen LogP contribution < -0.4 is 10.0 Å². The van der Waals surface area contributed by atoms with E-state index in [1.165, 1.54) is 12.4 Å². The van der Waals surface area contributed by atoms with E-state index in [2.05, 4.69) is 10.2 Å². The number of pyridine rings is 1. The monoisotopic (exact) mass is 345 g/mol. The van der Waals surface area contributed by atoms with E-state index in [9.17, 15) is 10.0 Å². The predicted molar refractivity (Wildman–Crippen MR) is 92.7 cm³/mol. The molecule has 2 aromatic rings. The summed E-state index contributed by atoms with van der Waals surface area (Å²) in [6.45, 7) is 2.45. The van der Waals surface area contributed by atoms with Gasteiger partial charge in [0.2, 0.25) is 0 Å². The number of nitrogens with one attached hydrogen (secondary N) is 1. The van der Waals surface area contributed by atoms with E-state index in [0.29, 0.717) is 21.9 Å². The highest BCUT2D eigenvalue weighted by atomic mass is 35.5. The molecule has 0 aliphatic carbocycles. The Morgan fingerprint density at radius 3 is 2.71 bits per heavy atom. The second-order valence-corrected chi connectivity index (χ2v) is 6.35. The number of likely N-dealkylation sites (tertiary alicyclic amines) is 1. The summed E-state index contributed by atoms with van der Waals surface area (Å²) in [6.07, 6.45) is 4.94. The lowest BCUT2D eigenvalue weighted by molar-refractivity contribution is -0.605. The van der Waals surface area contributed by atoms with Crippen LogP contribution in [0.25, 0.3) is 0 Å². The standard InChI is InChI=1S/C18H20ClN3O2/c19-16-8-2-1-7-15(16)17(21-9-3-4-10-21)12-20-18(23)14-6-5-11-22(24)13-14/h1-2,5-8,11,13,17H,3-4,9-10,12H2,(H,20,23)/t17-/m1/s1. The van der Waals surface area contributed by atoms with E-state index in [-0.39, 0.29) is 11.9 Å². The molecule has 1 aliphatic rings. The molecule has 1 amide bonds. The van der Waals surface area contributed by atoms with E-state index in [4.69, 9.17) is 11.6 Å². The van der Waals surface area contributed by atoms with Crippen LogP contribution in [0, 0.1) is 5.21 Å². The Bertz CT molecular complexity index is 717. The largest absolute Gasteiger partial charge is 0.619 e. The summed E-state index contributed by atoms with van der Waals surface area (Å²) in [7, 11) is 0. The van der Waals surface area contributed by atoms with Gasteiger partial charge < -0.3 is 10.5 Å². The Hall–Kier alpha value is -2.11. The van der Waals surface area contributed by atoms with Crippen molar-refractivity contribution in [2.45, 2.75) is 18.9 Å². The molecule has 1 N–H and O–H groups in total. The summed E-state index contributed by atoms with van der Waals surface area (Å²) in [5.41, 5.74) is 1.38. The van der Waals surface area contributed by atoms with Crippen molar-refractivity contribution in [3.8, 4) is 0 Å². The van der Waals surface area contributed by atoms with Crippen molar-refractivity contribution in [3.63, 3.8) is 0 Å². The van der Waals surface area contributed by atoms with E-state index >= 15 is 0 Å². The van der Waals surface area contributed by atoms with Crippen LogP contribution in [-0.4, -0.2) is 30.4 Å². The van der Waals surface area contributed by atoms with Crippen LogP contribution in [0.15, 0.2) is 48.8 Å². The molecule has 3 rings (SSSR count). The first-order valence-corrected chi connectivity index (χ1v) is 8.48. The SMILES string of the molecule is O=C(NC[C@H](c1ccccc1Cl)N1CCCC1)c1ccc[n+]([O-])c1. The molecule has 1 aliphatic heterocycles. The van der Waals surface area contributed by atoms with Gasteiger partial charge in [-0.1, -0.05) is 29.8 Å². The molecule has 2 heterocycles. The Labute approximate surface area is 146 Å². The topological polar surface area (TPSA) is 59.3 Å². The van der Waals surface area contributed by atoms with Crippen molar-refractivity contribution >= 4 is 17.5 Å². The highest BCUT2D eigenvalue weighted by Crippen LogP contribution is 2.29. The maximum Gasteiger partial charge on any atom is 0.257 e. The molecule has 1 fully saturated rings. The zero-order valence-corrected chi connectivity index (χ0v) is 14.1. The van der Waals surface area contributed by atoms with Gasteiger partial charge >= 0.3 is 0 Å². The van der Waals surface area contributed by atoms with Gasteiger partial charge in [0.15, 0.2) is 12.4 Å². The maximum atomic E-state index is 12.3. The molecule has 0 radical (unpaired) electrons. The quantitative estimate of drug-likeness (QED) is 0.669. The fourth-order valence-electron chi connectivity index (χ4n) is 3.11. The first-order valence-electron chi connectivity index (χ1n) is 8.10. The molecular formula is C18H20ClN3O2. The molecular weight excluding hydrogens is 326 g/mol. The normalized spacial score (nSPS) is 16.0. The fourth-order valence-corrected chi connectivity index (χ4v) is 3.38. The lowest BCUT2D eigenvalue weighted by Crippen LogP contribution is -2.37. The lowest BCUT2D eigenvalue weighted by Gasteiger charge is -2.28. The van der Waals surface area contributed by atoms with Crippen molar-refractivity contribution in [1.82, 2.24) is 10.2 Å². The van der Waals surface area contributed by atoms with Crippen LogP contribution in [0.4, 0.5) is 0 Å². The van der Waals surface area contributed by atoms with Gasteiger partial charge in [-0.15, -0.1) is 0 Å². The molecule has 126 valence electrons. The van der Waals surface area contributed by atoms with Crippen molar-refractivity contribution in [2.75, 3.05) is 19.6 Å². The smallest absolute Gasteiger partial charge is 0.257 e. The number of carbonyl (C=O) groups is 1. The minimum absolute atomic E-state index is 0.0354. The third kappa shape index (κ3) is 3.86. The van der Waals surface area contributed by atoms with E-state index < -0.39 is 0 Å². The number of aromatic nitrogens is 1. The number of benzene rings is 1. The minimum Gasteiger partial charge on any atom is -0.619 e. The fraction of sp³-hybridized carbons (Fsp3) is 0.333. The van der Waals surface area contributed by atoms with Gasteiger partial charge in [0.25, 0.3) is 5.91 Å². The molecule has 0 unspecified atom stereocenters. The summed E-state index contributed by atoms with van der Waals surface area (Å²) < 4.78 is 0.626. The number of hydrogen-bond donors (Lipinski definition) is 1. The molecule has 0 bridgehead atoms. The van der Waals surface area contributed by atoms with Gasteiger partial charge in [0, 0.05) is 17.6 Å². The molecule has 1 saturated heterocycles. The molecule has 0 saturated carbocycles. The number of nitrogens with zero attached hydrogens (tertiary/aromatic N) is 2. The van der Waals surface area contributed by atoms with Crippen molar-refractivity contribution in [1.29, 1.82) is 0 Å². The Kier molecular flexibility index (Phi) is 5.33. The molecule has 24 heavy (non-hydrogen) atoms. The van der Waals surface area contributed by atoms with Crippen molar-refractivity contribution < 1.29 is 9.52 Å². The second kappa shape index (κ2) is 7.64. The average molecular weight is 346 g/mol. The summed E-state index contributed by atoms with van der Waals surface area (Å²) in [5.74, 6) is -0.253. The maximum absolute atomic E-state index is 12.3. The van der Waals surface area contributed by atoms with Gasteiger partial charge in [0.1, 0.15) is 5.56 Å². The molecule has 0 spiro atoms. The van der Waals surface area contributed by atoms with E-state index in [0.717, 1.165) is 31.5 Å². The first kappa shape index (κ1) is 16.7. The zero-order chi connectivity index (χ0) is 16.9. The Morgan fingerprint density at radius 2 is 2.00 bits per heavy atom. The summed E-state index contributed by atoms with van der Waals surface area (Å²) in [5, 5.41) is 15.0. The molecule has 5 nitrogen and oxygen atoms in total. The lowest BCUT2D eigenvalue weighted by atomic mass is 10.1. The Morgan fingerprint density at radius 1 is 1.25 bits per heavy atom. The van der Waals surface area contributed by atoms with E-state index in [1.54, 1.807) is 12.1 Å². The van der Waals surface area contributed by atoms with Gasteiger partial charge in [-0.25, -0.2) is 0 Å². The highest BCUT2D eigenvalue weighted by Gasteiger charge is 2.25.